The third kappa shape index (κ3) is 8.06. The van der Waals surface area contributed by atoms with Crippen LogP contribution >= 0.6 is 11.3 Å². The predicted molar refractivity (Wildman–Crippen MR) is 75.6 cm³/mol. The van der Waals surface area contributed by atoms with E-state index < -0.39 is 65.1 Å². The van der Waals surface area contributed by atoms with Crippen LogP contribution in [0.15, 0.2) is 0 Å². The first-order valence-corrected chi connectivity index (χ1v) is 6.85. The molecule has 0 saturated heterocycles. The van der Waals surface area contributed by atoms with E-state index in [-0.39, 0.29) is 95.8 Å². The Balaban J connectivity index is 0. The number of hydrogen-bond acceptors (Lipinski definition) is 10. The van der Waals surface area contributed by atoms with Crippen LogP contribution in [0.1, 0.15) is 44.4 Å². The minimum absolute atomic E-state index is 0. The van der Waals surface area contributed by atoms with Crippen molar-refractivity contribution in [2.24, 2.45) is 0 Å². The number of carboxylic acid groups (broad SMARTS) is 4. The maximum absolute atomic E-state index is 11.1. The van der Waals surface area contributed by atoms with Crippen molar-refractivity contribution in [1.82, 2.24) is 0 Å². The van der Waals surface area contributed by atoms with Gasteiger partial charge in [-0.25, -0.2) is 0 Å². The van der Waals surface area contributed by atoms with Crippen LogP contribution in [0.3, 0.4) is 0 Å². The third-order valence-corrected chi connectivity index (χ3v) is 4.22. The number of rotatable bonds is 8. The van der Waals surface area contributed by atoms with E-state index in [9.17, 15) is 39.6 Å². The molecule has 0 aromatic carbocycles. The maximum Gasteiger partial charge on any atom is 2.00 e. The molecular weight excluding hydrogens is 505 g/mol. The van der Waals surface area contributed by atoms with Gasteiger partial charge in [-0.3, -0.25) is 0 Å². The summed E-state index contributed by atoms with van der Waals surface area (Å²) >= 11 is 0.395. The quantitative estimate of drug-likeness (QED) is 0.307. The molecule has 1 heterocycles. The number of carboxylic acids is 4. The number of thiophene rings is 1. The SMILES string of the molecule is N#Cc1c(C(CC(=O)[O-])CC(=O)[O-])sc(C(=O)[O-])c1CC(=O)[O-].[Sr+2].[Sr+2]. The van der Waals surface area contributed by atoms with Crippen LogP contribution < -0.4 is 20.4 Å². The van der Waals surface area contributed by atoms with Gasteiger partial charge in [0, 0.05) is 35.1 Å². The van der Waals surface area contributed by atoms with Gasteiger partial charge in [0.05, 0.1) is 16.4 Å². The van der Waals surface area contributed by atoms with Crippen LogP contribution in [-0.2, 0) is 20.8 Å². The zero-order valence-electron chi connectivity index (χ0n) is 12.7. The summed E-state index contributed by atoms with van der Waals surface area (Å²) in [7, 11) is 0. The molecule has 122 valence electrons. The fourth-order valence-corrected chi connectivity index (χ4v) is 3.24. The van der Waals surface area contributed by atoms with Crippen LogP contribution in [-0.4, -0.2) is 115 Å². The van der Waals surface area contributed by atoms with Crippen LogP contribution in [0.4, 0.5) is 0 Å². The number of carbonyl (C=O) groups excluding carboxylic acids is 4. The smallest absolute Gasteiger partial charge is 0.550 e. The van der Waals surface area contributed by atoms with Gasteiger partial charge in [-0.2, -0.15) is 5.26 Å². The summed E-state index contributed by atoms with van der Waals surface area (Å²) in [5, 5.41) is 52.4. The average Bonchev–Trinajstić information content (AvgIpc) is 2.74. The second-order valence-electron chi connectivity index (χ2n) is 4.45. The summed E-state index contributed by atoms with van der Waals surface area (Å²) in [6.45, 7) is 0. The minimum Gasteiger partial charge on any atom is -0.550 e. The maximum atomic E-state index is 11.1. The summed E-state index contributed by atoms with van der Waals surface area (Å²) < 4.78 is 0. The Morgan fingerprint density at radius 2 is 1.44 bits per heavy atom. The Hall–Kier alpha value is 0.0310. The van der Waals surface area contributed by atoms with Gasteiger partial charge in [-0.15, -0.1) is 11.3 Å². The van der Waals surface area contributed by atoms with Crippen molar-refractivity contribution in [3.8, 4) is 6.07 Å². The van der Waals surface area contributed by atoms with Gasteiger partial charge in [-0.05, 0) is 18.4 Å². The van der Waals surface area contributed by atoms with Crippen LogP contribution in [0.2, 0.25) is 0 Å². The van der Waals surface area contributed by atoms with E-state index in [4.69, 9.17) is 5.26 Å². The molecule has 0 spiro atoms. The molecule has 0 unspecified atom stereocenters. The Kier molecular flexibility index (Phi) is 13.5. The van der Waals surface area contributed by atoms with Crippen molar-refractivity contribution in [2.45, 2.75) is 25.2 Å². The first-order chi connectivity index (χ1) is 10.7. The van der Waals surface area contributed by atoms with Gasteiger partial charge < -0.3 is 39.6 Å². The summed E-state index contributed by atoms with van der Waals surface area (Å²) in [5.74, 6) is -7.97. The van der Waals surface area contributed by atoms with Gasteiger partial charge in [0.15, 0.2) is 0 Å². The second-order valence-corrected chi connectivity index (χ2v) is 5.50. The molecule has 1 aromatic heterocycles. The third-order valence-electron chi connectivity index (χ3n) is 2.85. The van der Waals surface area contributed by atoms with Crippen molar-refractivity contribution in [3.63, 3.8) is 0 Å². The van der Waals surface area contributed by atoms with Gasteiger partial charge >= 0.3 is 91.0 Å². The molecular formula is C13H7NO8SSr2. The number of hydrogen-bond donors (Lipinski definition) is 0. The van der Waals surface area contributed by atoms with E-state index in [1.165, 1.54) is 0 Å². The molecule has 9 nitrogen and oxygen atoms in total. The van der Waals surface area contributed by atoms with Crippen LogP contribution in [0.25, 0.3) is 0 Å². The molecule has 0 aliphatic carbocycles. The van der Waals surface area contributed by atoms with E-state index in [2.05, 4.69) is 0 Å². The van der Waals surface area contributed by atoms with E-state index >= 15 is 0 Å². The molecule has 1 aromatic rings. The summed E-state index contributed by atoms with van der Waals surface area (Å²) in [4.78, 5) is 42.5. The van der Waals surface area contributed by atoms with Crippen LogP contribution in [0.5, 0.6) is 0 Å². The molecule has 25 heavy (non-hydrogen) atoms. The molecule has 0 aliphatic rings. The van der Waals surface area contributed by atoms with Gasteiger partial charge in [0.2, 0.25) is 0 Å². The Morgan fingerprint density at radius 1 is 0.960 bits per heavy atom. The van der Waals surface area contributed by atoms with Crippen LogP contribution in [0, 0.1) is 11.3 Å². The van der Waals surface area contributed by atoms with Gasteiger partial charge in [0.25, 0.3) is 0 Å². The molecule has 0 saturated carbocycles. The van der Waals surface area contributed by atoms with E-state index in [1.54, 1.807) is 6.07 Å². The van der Waals surface area contributed by atoms with Crippen molar-refractivity contribution >= 4 is 126 Å². The Labute approximate surface area is 219 Å². The molecule has 0 fully saturated rings. The molecule has 0 aliphatic heterocycles. The summed E-state index contributed by atoms with van der Waals surface area (Å²) in [6.07, 6.45) is -2.52. The zero-order chi connectivity index (χ0) is 17.7. The van der Waals surface area contributed by atoms with Crippen molar-refractivity contribution in [3.05, 3.63) is 20.9 Å². The molecule has 0 bridgehead atoms. The van der Waals surface area contributed by atoms with Crippen molar-refractivity contribution in [1.29, 1.82) is 5.26 Å². The van der Waals surface area contributed by atoms with Crippen molar-refractivity contribution in [2.75, 3.05) is 0 Å². The monoisotopic (exact) mass is 513 g/mol. The summed E-state index contributed by atoms with van der Waals surface area (Å²) in [6, 6.07) is 1.57. The number of nitrogens with zero attached hydrogens (tertiary/aromatic N) is 1. The number of aliphatic carboxylic acids is 3. The van der Waals surface area contributed by atoms with E-state index in [0.29, 0.717) is 11.3 Å². The summed E-state index contributed by atoms with van der Waals surface area (Å²) in [5.41, 5.74) is -0.819. The molecule has 0 amide bonds. The zero-order valence-corrected chi connectivity index (χ0v) is 20.5. The average molecular weight is 513 g/mol. The normalized spacial score (nSPS) is 9.44. The molecule has 0 atom stereocenters. The first-order valence-electron chi connectivity index (χ1n) is 6.03. The number of aromatic carboxylic acids is 1. The fourth-order valence-electron chi connectivity index (χ4n) is 2.03. The minimum atomic E-state index is -1.77. The van der Waals surface area contributed by atoms with Gasteiger partial charge in [-0.1, -0.05) is 0 Å². The largest absolute Gasteiger partial charge is 2.00 e. The predicted octanol–water partition coefficient (Wildman–Crippen LogP) is -5.12. The topological polar surface area (TPSA) is 184 Å². The number of nitriles is 1. The standard InChI is InChI=1S/C13H11NO8S.2Sr/c14-4-7-6(3-10(19)20)12(13(21)22)23-11(7)5(1-8(15)16)2-9(17)18;;/h5H,1-3H2,(H,15,16)(H,17,18)(H,19,20)(H,21,22);;/q;2*+2/p-4. The van der Waals surface area contributed by atoms with Gasteiger partial charge in [0.1, 0.15) is 6.07 Å². The fraction of sp³-hybridized carbons (Fsp3) is 0.308. The molecule has 0 N–H and O–H groups in total. The molecule has 0 radical (unpaired) electrons. The Bertz CT molecular complexity index is 708. The second kappa shape index (κ2) is 12.4. The van der Waals surface area contributed by atoms with E-state index in [1.807, 2.05) is 0 Å². The first kappa shape index (κ1) is 27.3. The van der Waals surface area contributed by atoms with E-state index in [0.717, 1.165) is 0 Å². The Morgan fingerprint density at radius 3 is 1.76 bits per heavy atom. The molecule has 1 rings (SSSR count). The number of carbonyl (C=O) groups is 4. The van der Waals surface area contributed by atoms with Crippen molar-refractivity contribution < 1.29 is 39.6 Å². The molecule has 12 heteroatoms.